The van der Waals surface area contributed by atoms with Gasteiger partial charge in [-0.2, -0.15) is 0 Å². The SMILES string of the molecule is CCCNCCC1(Oc2cc(Cl)c(Br)cc2Cl)CCC1. The molecule has 5 heteroatoms. The van der Waals surface area contributed by atoms with Crippen LogP contribution in [-0.4, -0.2) is 18.7 Å². The molecule has 1 aliphatic carbocycles. The fraction of sp³-hybridized carbons (Fsp3) is 0.600. The summed E-state index contributed by atoms with van der Waals surface area (Å²) in [5.74, 6) is 0.690. The molecule has 1 aromatic rings. The number of hydrogen-bond acceptors (Lipinski definition) is 2. The van der Waals surface area contributed by atoms with Crippen LogP contribution in [0.25, 0.3) is 0 Å². The molecule has 0 atom stereocenters. The first-order valence-electron chi connectivity index (χ1n) is 7.10. The van der Waals surface area contributed by atoms with E-state index in [4.69, 9.17) is 27.9 Å². The highest BCUT2D eigenvalue weighted by atomic mass is 79.9. The van der Waals surface area contributed by atoms with Crippen molar-refractivity contribution in [3.63, 3.8) is 0 Å². The maximum Gasteiger partial charge on any atom is 0.140 e. The average molecular weight is 381 g/mol. The van der Waals surface area contributed by atoms with Crippen LogP contribution < -0.4 is 10.1 Å². The molecule has 0 aromatic heterocycles. The molecule has 0 saturated heterocycles. The predicted octanol–water partition coefficient (Wildman–Crippen LogP) is 5.45. The molecule has 1 aliphatic rings. The summed E-state index contributed by atoms with van der Waals surface area (Å²) in [6.45, 7) is 4.21. The Labute approximate surface area is 139 Å². The molecule has 112 valence electrons. The summed E-state index contributed by atoms with van der Waals surface area (Å²) in [6.07, 6.45) is 5.56. The van der Waals surface area contributed by atoms with Gasteiger partial charge in [0.2, 0.25) is 0 Å². The molecule has 1 saturated carbocycles. The normalized spacial score (nSPS) is 16.8. The van der Waals surface area contributed by atoms with Gasteiger partial charge in [0.25, 0.3) is 0 Å². The number of hydrogen-bond donors (Lipinski definition) is 1. The van der Waals surface area contributed by atoms with Crippen LogP contribution in [-0.2, 0) is 0 Å². The molecule has 1 fully saturated rings. The Balaban J connectivity index is 2.01. The van der Waals surface area contributed by atoms with E-state index in [1.165, 1.54) is 6.42 Å². The van der Waals surface area contributed by atoms with E-state index in [2.05, 4.69) is 28.2 Å². The Morgan fingerprint density at radius 2 is 2.00 bits per heavy atom. The van der Waals surface area contributed by atoms with Crippen LogP contribution >= 0.6 is 39.1 Å². The van der Waals surface area contributed by atoms with Crippen molar-refractivity contribution >= 4 is 39.1 Å². The van der Waals surface area contributed by atoms with Crippen molar-refractivity contribution in [1.82, 2.24) is 5.32 Å². The Hall–Kier alpha value is 0.0400. The lowest BCUT2D eigenvalue weighted by Gasteiger charge is -2.42. The largest absolute Gasteiger partial charge is 0.486 e. The second kappa shape index (κ2) is 7.35. The smallest absolute Gasteiger partial charge is 0.140 e. The van der Waals surface area contributed by atoms with Crippen LogP contribution in [0.5, 0.6) is 5.75 Å². The lowest BCUT2D eigenvalue weighted by Crippen LogP contribution is -2.45. The topological polar surface area (TPSA) is 21.3 Å². The summed E-state index contributed by atoms with van der Waals surface area (Å²) < 4.78 is 7.00. The van der Waals surface area contributed by atoms with Crippen molar-refractivity contribution < 1.29 is 4.74 Å². The number of halogens is 3. The van der Waals surface area contributed by atoms with E-state index in [0.717, 1.165) is 43.2 Å². The molecule has 1 N–H and O–H groups in total. The van der Waals surface area contributed by atoms with Crippen molar-refractivity contribution in [3.05, 3.63) is 26.7 Å². The van der Waals surface area contributed by atoms with Gasteiger partial charge in [-0.3, -0.25) is 0 Å². The van der Waals surface area contributed by atoms with Gasteiger partial charge in [-0.1, -0.05) is 30.1 Å². The number of ether oxygens (including phenoxy) is 1. The minimum Gasteiger partial charge on any atom is -0.486 e. The minimum atomic E-state index is -0.0679. The molecular formula is C15H20BrCl2NO. The van der Waals surface area contributed by atoms with Gasteiger partial charge < -0.3 is 10.1 Å². The lowest BCUT2D eigenvalue weighted by atomic mass is 9.77. The number of nitrogens with one attached hydrogen (secondary N) is 1. The van der Waals surface area contributed by atoms with Crippen LogP contribution in [0, 0.1) is 0 Å². The van der Waals surface area contributed by atoms with Gasteiger partial charge in [0, 0.05) is 10.5 Å². The fourth-order valence-corrected chi connectivity index (χ4v) is 3.24. The van der Waals surface area contributed by atoms with E-state index in [0.29, 0.717) is 15.8 Å². The Morgan fingerprint density at radius 1 is 1.25 bits per heavy atom. The van der Waals surface area contributed by atoms with E-state index >= 15 is 0 Å². The summed E-state index contributed by atoms with van der Waals surface area (Å²) in [7, 11) is 0. The molecule has 0 radical (unpaired) electrons. The highest BCUT2D eigenvalue weighted by molar-refractivity contribution is 9.10. The molecule has 20 heavy (non-hydrogen) atoms. The zero-order valence-electron chi connectivity index (χ0n) is 11.6. The fourth-order valence-electron chi connectivity index (χ4n) is 2.41. The second-order valence-corrected chi connectivity index (χ2v) is 7.00. The Bertz CT molecular complexity index is 463. The third-order valence-electron chi connectivity index (χ3n) is 3.75. The molecular weight excluding hydrogens is 361 g/mol. The molecule has 0 aliphatic heterocycles. The second-order valence-electron chi connectivity index (χ2n) is 5.34. The van der Waals surface area contributed by atoms with Gasteiger partial charge in [0.05, 0.1) is 10.0 Å². The summed E-state index contributed by atoms with van der Waals surface area (Å²) >= 11 is 15.7. The minimum absolute atomic E-state index is 0.0679. The van der Waals surface area contributed by atoms with E-state index in [9.17, 15) is 0 Å². The van der Waals surface area contributed by atoms with Crippen molar-refractivity contribution in [2.45, 2.75) is 44.6 Å². The molecule has 0 amide bonds. The zero-order chi connectivity index (χ0) is 14.6. The Morgan fingerprint density at radius 3 is 2.60 bits per heavy atom. The highest BCUT2D eigenvalue weighted by Crippen LogP contribution is 2.43. The van der Waals surface area contributed by atoms with Crippen molar-refractivity contribution in [3.8, 4) is 5.75 Å². The first kappa shape index (κ1) is 16.4. The van der Waals surface area contributed by atoms with E-state index in [-0.39, 0.29) is 5.60 Å². The van der Waals surface area contributed by atoms with Crippen LogP contribution in [0.15, 0.2) is 16.6 Å². The third-order valence-corrected chi connectivity index (χ3v) is 5.24. The van der Waals surface area contributed by atoms with Gasteiger partial charge in [-0.15, -0.1) is 0 Å². The van der Waals surface area contributed by atoms with Crippen molar-refractivity contribution in [1.29, 1.82) is 0 Å². The molecule has 2 nitrogen and oxygen atoms in total. The summed E-state index contributed by atoms with van der Waals surface area (Å²) in [6, 6.07) is 3.59. The zero-order valence-corrected chi connectivity index (χ0v) is 14.7. The highest BCUT2D eigenvalue weighted by Gasteiger charge is 2.39. The molecule has 0 unspecified atom stereocenters. The molecule has 0 bridgehead atoms. The van der Waals surface area contributed by atoms with Crippen LogP contribution in [0.4, 0.5) is 0 Å². The van der Waals surface area contributed by atoms with E-state index in [1.807, 2.05) is 0 Å². The van der Waals surface area contributed by atoms with E-state index < -0.39 is 0 Å². The van der Waals surface area contributed by atoms with Crippen LogP contribution in [0.1, 0.15) is 39.0 Å². The predicted molar refractivity (Wildman–Crippen MR) is 89.1 cm³/mol. The van der Waals surface area contributed by atoms with Gasteiger partial charge in [0.1, 0.15) is 11.4 Å². The first-order valence-corrected chi connectivity index (χ1v) is 8.65. The van der Waals surface area contributed by atoms with Gasteiger partial charge in [-0.25, -0.2) is 0 Å². The third kappa shape index (κ3) is 4.03. The van der Waals surface area contributed by atoms with Gasteiger partial charge in [0.15, 0.2) is 0 Å². The summed E-state index contributed by atoms with van der Waals surface area (Å²) in [5, 5.41) is 4.67. The molecule has 2 rings (SSSR count). The van der Waals surface area contributed by atoms with Crippen LogP contribution in [0.3, 0.4) is 0 Å². The lowest BCUT2D eigenvalue weighted by molar-refractivity contribution is -0.0141. The number of rotatable bonds is 7. The Kier molecular flexibility index (Phi) is 6.03. The van der Waals surface area contributed by atoms with Gasteiger partial charge in [-0.05, 0) is 67.2 Å². The maximum atomic E-state index is 6.24. The average Bonchev–Trinajstić information content (AvgIpc) is 2.37. The maximum absolute atomic E-state index is 6.24. The van der Waals surface area contributed by atoms with Crippen LogP contribution in [0.2, 0.25) is 10.0 Å². The summed E-state index contributed by atoms with van der Waals surface area (Å²) in [4.78, 5) is 0. The van der Waals surface area contributed by atoms with Crippen molar-refractivity contribution in [2.24, 2.45) is 0 Å². The summed E-state index contributed by atoms with van der Waals surface area (Å²) in [5.41, 5.74) is -0.0679. The monoisotopic (exact) mass is 379 g/mol. The van der Waals surface area contributed by atoms with Gasteiger partial charge >= 0.3 is 0 Å². The molecule has 0 spiro atoms. The standard InChI is InChI=1S/C15H20BrCl2NO/c1-2-7-19-8-6-15(4-3-5-15)20-14-10-12(17)11(16)9-13(14)18/h9-10,19H,2-8H2,1H3. The first-order chi connectivity index (χ1) is 9.56. The molecule has 1 aromatic carbocycles. The number of benzene rings is 1. The quantitative estimate of drug-likeness (QED) is 0.501. The molecule has 0 heterocycles. The van der Waals surface area contributed by atoms with Crippen molar-refractivity contribution in [2.75, 3.05) is 13.1 Å². The van der Waals surface area contributed by atoms with E-state index in [1.54, 1.807) is 12.1 Å².